The zero-order chi connectivity index (χ0) is 12.1. The molecular weight excluding hydrogens is 216 g/mol. The van der Waals surface area contributed by atoms with Crippen LogP contribution in [0.4, 0.5) is 0 Å². The van der Waals surface area contributed by atoms with Crippen LogP contribution >= 0.6 is 0 Å². The van der Waals surface area contributed by atoms with Crippen molar-refractivity contribution in [2.75, 3.05) is 19.8 Å². The second-order valence-electron chi connectivity index (χ2n) is 4.28. The van der Waals surface area contributed by atoms with Crippen molar-refractivity contribution >= 4 is 5.84 Å². The molecule has 17 heavy (non-hydrogen) atoms. The highest BCUT2D eigenvalue weighted by molar-refractivity contribution is 5.97. The van der Waals surface area contributed by atoms with Crippen LogP contribution in [-0.2, 0) is 4.74 Å². The van der Waals surface area contributed by atoms with Gasteiger partial charge in [0, 0.05) is 13.2 Å². The Balaban J connectivity index is 1.96. The predicted molar refractivity (Wildman–Crippen MR) is 66.5 cm³/mol. The van der Waals surface area contributed by atoms with E-state index in [1.54, 1.807) is 0 Å². The minimum Gasteiger partial charge on any atom is -0.493 e. The number of hydrogen-bond donors (Lipinski definition) is 2. The van der Waals surface area contributed by atoms with Gasteiger partial charge in [-0.1, -0.05) is 12.1 Å². The smallest absolute Gasteiger partial charge is 0.130 e. The SMILES string of the molecule is N=C(N)c1ccccc1OCC1CCOCC1. The summed E-state index contributed by atoms with van der Waals surface area (Å²) in [6, 6.07) is 7.42. The Morgan fingerprint density at radius 1 is 1.35 bits per heavy atom. The van der Waals surface area contributed by atoms with E-state index in [4.69, 9.17) is 20.6 Å². The molecule has 0 bridgehead atoms. The minimum absolute atomic E-state index is 0.0487. The lowest BCUT2D eigenvalue weighted by molar-refractivity contribution is 0.0497. The van der Waals surface area contributed by atoms with Crippen LogP contribution in [0.15, 0.2) is 24.3 Å². The fraction of sp³-hybridized carbons (Fsp3) is 0.462. The van der Waals surface area contributed by atoms with Crippen LogP contribution in [-0.4, -0.2) is 25.7 Å². The van der Waals surface area contributed by atoms with Gasteiger partial charge in [0.05, 0.1) is 12.2 Å². The lowest BCUT2D eigenvalue weighted by Gasteiger charge is -2.22. The molecule has 0 unspecified atom stereocenters. The Hall–Kier alpha value is -1.55. The molecule has 3 N–H and O–H groups in total. The molecule has 0 amide bonds. The van der Waals surface area contributed by atoms with Gasteiger partial charge >= 0.3 is 0 Å². The normalized spacial score (nSPS) is 16.7. The maximum absolute atomic E-state index is 7.48. The Morgan fingerprint density at radius 3 is 2.76 bits per heavy atom. The Kier molecular flexibility index (Phi) is 3.98. The molecule has 4 heteroatoms. The van der Waals surface area contributed by atoms with Crippen molar-refractivity contribution in [3.63, 3.8) is 0 Å². The number of hydrogen-bond acceptors (Lipinski definition) is 3. The van der Waals surface area contributed by atoms with Gasteiger partial charge in [-0.15, -0.1) is 0 Å². The highest BCUT2D eigenvalue weighted by Crippen LogP contribution is 2.21. The van der Waals surface area contributed by atoms with Crippen LogP contribution in [0, 0.1) is 11.3 Å². The molecule has 1 heterocycles. The molecular formula is C13H18N2O2. The molecule has 92 valence electrons. The zero-order valence-electron chi connectivity index (χ0n) is 9.82. The van der Waals surface area contributed by atoms with E-state index in [0.29, 0.717) is 23.8 Å². The third-order valence-electron chi connectivity index (χ3n) is 2.99. The van der Waals surface area contributed by atoms with E-state index in [9.17, 15) is 0 Å². The largest absolute Gasteiger partial charge is 0.493 e. The number of benzene rings is 1. The van der Waals surface area contributed by atoms with E-state index < -0.39 is 0 Å². The summed E-state index contributed by atoms with van der Waals surface area (Å²) in [5.41, 5.74) is 6.17. The molecule has 0 aliphatic carbocycles. The third-order valence-corrected chi connectivity index (χ3v) is 2.99. The number of amidine groups is 1. The first-order chi connectivity index (χ1) is 8.27. The van der Waals surface area contributed by atoms with Gasteiger partial charge < -0.3 is 15.2 Å². The van der Waals surface area contributed by atoms with Crippen molar-refractivity contribution in [3.05, 3.63) is 29.8 Å². The van der Waals surface area contributed by atoms with Crippen molar-refractivity contribution in [2.24, 2.45) is 11.7 Å². The van der Waals surface area contributed by atoms with E-state index >= 15 is 0 Å². The van der Waals surface area contributed by atoms with Gasteiger partial charge in [0.1, 0.15) is 11.6 Å². The highest BCUT2D eigenvalue weighted by atomic mass is 16.5. The summed E-state index contributed by atoms with van der Waals surface area (Å²) in [5.74, 6) is 1.29. The topological polar surface area (TPSA) is 68.3 Å². The fourth-order valence-corrected chi connectivity index (χ4v) is 1.94. The minimum atomic E-state index is 0.0487. The van der Waals surface area contributed by atoms with Gasteiger partial charge in [0.25, 0.3) is 0 Å². The van der Waals surface area contributed by atoms with Crippen LogP contribution < -0.4 is 10.5 Å². The van der Waals surface area contributed by atoms with E-state index in [1.807, 2.05) is 24.3 Å². The van der Waals surface area contributed by atoms with Gasteiger partial charge in [0.15, 0.2) is 0 Å². The van der Waals surface area contributed by atoms with Gasteiger partial charge in [-0.2, -0.15) is 0 Å². The van der Waals surface area contributed by atoms with Crippen molar-refractivity contribution < 1.29 is 9.47 Å². The van der Waals surface area contributed by atoms with Crippen LogP contribution in [0.25, 0.3) is 0 Å². The molecule has 1 aliphatic rings. The Bertz CT molecular complexity index is 387. The first kappa shape index (κ1) is 11.9. The monoisotopic (exact) mass is 234 g/mol. The molecule has 4 nitrogen and oxygen atoms in total. The lowest BCUT2D eigenvalue weighted by atomic mass is 10.0. The van der Waals surface area contributed by atoms with E-state index in [-0.39, 0.29) is 5.84 Å². The summed E-state index contributed by atoms with van der Waals surface area (Å²) in [5, 5.41) is 7.48. The first-order valence-corrected chi connectivity index (χ1v) is 5.91. The van der Waals surface area contributed by atoms with Crippen molar-refractivity contribution in [3.8, 4) is 5.75 Å². The van der Waals surface area contributed by atoms with Crippen molar-refractivity contribution in [1.82, 2.24) is 0 Å². The molecule has 0 atom stereocenters. The summed E-state index contributed by atoms with van der Waals surface area (Å²) in [4.78, 5) is 0. The van der Waals surface area contributed by atoms with E-state index in [1.165, 1.54) is 0 Å². The summed E-state index contributed by atoms with van der Waals surface area (Å²) < 4.78 is 11.1. The predicted octanol–water partition coefficient (Wildman–Crippen LogP) is 1.78. The molecule has 2 rings (SSSR count). The third kappa shape index (κ3) is 3.20. The van der Waals surface area contributed by atoms with Crippen LogP contribution in [0.1, 0.15) is 18.4 Å². The second kappa shape index (κ2) is 5.68. The van der Waals surface area contributed by atoms with E-state index in [2.05, 4.69) is 0 Å². The van der Waals surface area contributed by atoms with Gasteiger partial charge in [-0.3, -0.25) is 5.41 Å². The molecule has 1 aromatic rings. The summed E-state index contributed by atoms with van der Waals surface area (Å²) in [7, 11) is 0. The highest BCUT2D eigenvalue weighted by Gasteiger charge is 2.15. The van der Waals surface area contributed by atoms with Crippen LogP contribution in [0.5, 0.6) is 5.75 Å². The molecule has 1 aromatic carbocycles. The Morgan fingerprint density at radius 2 is 2.06 bits per heavy atom. The number of nitrogens with two attached hydrogens (primary N) is 1. The summed E-state index contributed by atoms with van der Waals surface area (Å²) in [6.45, 7) is 2.32. The number of nitrogen functional groups attached to an aromatic ring is 1. The molecule has 0 radical (unpaired) electrons. The second-order valence-corrected chi connectivity index (χ2v) is 4.28. The molecule has 1 fully saturated rings. The summed E-state index contributed by atoms with van der Waals surface area (Å²) in [6.07, 6.45) is 2.09. The van der Waals surface area contributed by atoms with Crippen LogP contribution in [0.3, 0.4) is 0 Å². The molecule has 0 aromatic heterocycles. The average molecular weight is 234 g/mol. The molecule has 1 aliphatic heterocycles. The number of ether oxygens (including phenoxy) is 2. The van der Waals surface area contributed by atoms with Gasteiger partial charge in [0.2, 0.25) is 0 Å². The number of rotatable bonds is 4. The fourth-order valence-electron chi connectivity index (χ4n) is 1.94. The maximum atomic E-state index is 7.48. The van der Waals surface area contributed by atoms with E-state index in [0.717, 1.165) is 26.1 Å². The molecule has 1 saturated heterocycles. The van der Waals surface area contributed by atoms with Gasteiger partial charge in [-0.25, -0.2) is 0 Å². The zero-order valence-corrected chi connectivity index (χ0v) is 9.82. The van der Waals surface area contributed by atoms with Crippen molar-refractivity contribution in [2.45, 2.75) is 12.8 Å². The average Bonchev–Trinajstić information content (AvgIpc) is 2.38. The number of para-hydroxylation sites is 1. The standard InChI is InChI=1S/C13H18N2O2/c14-13(15)11-3-1-2-4-12(11)17-9-10-5-7-16-8-6-10/h1-4,10H,5-9H2,(H3,14,15). The molecule has 0 spiro atoms. The lowest BCUT2D eigenvalue weighted by Crippen LogP contribution is -2.22. The maximum Gasteiger partial charge on any atom is 0.130 e. The first-order valence-electron chi connectivity index (χ1n) is 5.91. The van der Waals surface area contributed by atoms with Crippen molar-refractivity contribution in [1.29, 1.82) is 5.41 Å². The van der Waals surface area contributed by atoms with Crippen LogP contribution in [0.2, 0.25) is 0 Å². The molecule has 0 saturated carbocycles. The number of nitrogens with one attached hydrogen (secondary N) is 1. The van der Waals surface area contributed by atoms with Gasteiger partial charge in [-0.05, 0) is 30.9 Å². The summed E-state index contributed by atoms with van der Waals surface area (Å²) >= 11 is 0. The Labute approximate surface area is 101 Å². The quantitative estimate of drug-likeness (QED) is 0.616.